The smallest absolute Gasteiger partial charge is 0.318 e. The van der Waals surface area contributed by atoms with E-state index in [2.05, 4.69) is 5.32 Å². The van der Waals surface area contributed by atoms with Gasteiger partial charge in [0.1, 0.15) is 5.82 Å². The lowest BCUT2D eigenvalue weighted by molar-refractivity contribution is 0.171. The van der Waals surface area contributed by atoms with E-state index in [-0.39, 0.29) is 17.6 Å². The number of nitrogens with zero attached hydrogens (tertiary/aromatic N) is 3. The molecule has 168 valence electrons. The molecule has 1 heterocycles. The van der Waals surface area contributed by atoms with E-state index in [1.807, 2.05) is 92.7 Å². The molecule has 1 N–H and O–H groups in total. The number of hydrogen-bond acceptors (Lipinski definition) is 3. The fourth-order valence-electron chi connectivity index (χ4n) is 4.12. The van der Waals surface area contributed by atoms with Gasteiger partial charge < -0.3 is 10.2 Å². The Balaban J connectivity index is 1.77. The van der Waals surface area contributed by atoms with Crippen molar-refractivity contribution in [1.29, 1.82) is 0 Å². The third-order valence-electron chi connectivity index (χ3n) is 5.77. The normalized spacial score (nSPS) is 11.8. The van der Waals surface area contributed by atoms with E-state index in [9.17, 15) is 9.59 Å². The van der Waals surface area contributed by atoms with Crippen molar-refractivity contribution < 1.29 is 4.79 Å². The lowest BCUT2D eigenvalue weighted by Crippen LogP contribution is -2.43. The molecule has 0 aliphatic rings. The van der Waals surface area contributed by atoms with Crippen molar-refractivity contribution >= 4 is 16.9 Å². The first-order chi connectivity index (χ1) is 16.1. The predicted octanol–water partition coefficient (Wildman–Crippen LogP) is 5.07. The molecule has 1 unspecified atom stereocenters. The van der Waals surface area contributed by atoms with Crippen LogP contribution in [0.1, 0.15) is 37.7 Å². The summed E-state index contributed by atoms with van der Waals surface area (Å²) in [5.74, 6) is 0.559. The Kier molecular flexibility index (Phi) is 6.83. The fraction of sp³-hybridized carbons (Fsp3) is 0.222. The molecule has 4 aromatic rings. The van der Waals surface area contributed by atoms with Crippen LogP contribution in [0, 0.1) is 0 Å². The molecule has 1 aromatic heterocycles. The van der Waals surface area contributed by atoms with Crippen LogP contribution >= 0.6 is 0 Å². The largest absolute Gasteiger partial charge is 0.334 e. The maximum Gasteiger partial charge on any atom is 0.318 e. The van der Waals surface area contributed by atoms with Gasteiger partial charge in [0.25, 0.3) is 5.56 Å². The lowest BCUT2D eigenvalue weighted by atomic mass is 10.1. The number of carbonyl (C=O) groups excluding carboxylic acids is 1. The van der Waals surface area contributed by atoms with Crippen molar-refractivity contribution in [3.8, 4) is 5.69 Å². The van der Waals surface area contributed by atoms with Crippen LogP contribution in [0.15, 0.2) is 89.7 Å². The minimum atomic E-state index is -0.372. The monoisotopic (exact) mass is 440 g/mol. The molecular weight excluding hydrogens is 412 g/mol. The van der Waals surface area contributed by atoms with Gasteiger partial charge in [-0.1, -0.05) is 67.6 Å². The van der Waals surface area contributed by atoms with Crippen molar-refractivity contribution in [2.45, 2.75) is 32.9 Å². The van der Waals surface area contributed by atoms with Gasteiger partial charge in [-0.15, -0.1) is 0 Å². The van der Waals surface area contributed by atoms with Crippen LogP contribution in [0.25, 0.3) is 16.6 Å². The zero-order valence-corrected chi connectivity index (χ0v) is 18.9. The van der Waals surface area contributed by atoms with Crippen LogP contribution in [0.4, 0.5) is 4.79 Å². The molecule has 0 saturated carbocycles. The molecule has 0 spiro atoms. The van der Waals surface area contributed by atoms with Crippen molar-refractivity contribution in [1.82, 2.24) is 19.8 Å². The Hall–Kier alpha value is -3.93. The Bertz CT molecular complexity index is 1290. The highest BCUT2D eigenvalue weighted by molar-refractivity contribution is 5.78. The van der Waals surface area contributed by atoms with E-state index >= 15 is 0 Å². The highest BCUT2D eigenvalue weighted by Gasteiger charge is 2.28. The summed E-state index contributed by atoms with van der Waals surface area (Å²) in [5, 5.41) is 3.57. The predicted molar refractivity (Wildman–Crippen MR) is 131 cm³/mol. The number of hydrogen-bond donors (Lipinski definition) is 1. The third-order valence-corrected chi connectivity index (χ3v) is 5.77. The molecule has 0 fully saturated rings. The second kappa shape index (κ2) is 10.1. The maximum absolute atomic E-state index is 13.6. The molecule has 1 atom stereocenters. The molecule has 0 radical (unpaired) electrons. The van der Waals surface area contributed by atoms with Crippen LogP contribution in [-0.4, -0.2) is 27.0 Å². The van der Waals surface area contributed by atoms with Crippen molar-refractivity contribution in [3.63, 3.8) is 0 Å². The quantitative estimate of drug-likeness (QED) is 0.436. The van der Waals surface area contributed by atoms with Gasteiger partial charge in [-0.2, -0.15) is 0 Å². The summed E-state index contributed by atoms with van der Waals surface area (Å²) in [7, 11) is 0. The molecule has 33 heavy (non-hydrogen) atoms. The zero-order valence-electron chi connectivity index (χ0n) is 18.9. The number of para-hydroxylation sites is 2. The van der Waals surface area contributed by atoms with Gasteiger partial charge in [0.05, 0.1) is 22.6 Å². The topological polar surface area (TPSA) is 67.2 Å². The number of benzene rings is 3. The molecule has 6 nitrogen and oxygen atoms in total. The summed E-state index contributed by atoms with van der Waals surface area (Å²) in [4.78, 5) is 33.4. The summed E-state index contributed by atoms with van der Waals surface area (Å²) in [6.07, 6.45) is 0.615. The average Bonchev–Trinajstić information content (AvgIpc) is 2.87. The van der Waals surface area contributed by atoms with E-state index in [1.54, 1.807) is 15.5 Å². The maximum atomic E-state index is 13.6. The molecule has 0 aliphatic carbocycles. The standard InChI is InChI=1S/C27H28N4O2/c1-3-24(30(4-2)27(33)28-19-20-13-7-5-8-14-20)25-29-23-18-12-11-17-22(23)26(32)31(25)21-15-9-6-10-16-21/h5-18,24H,3-4,19H2,1-2H3,(H,28,33). The Morgan fingerprint density at radius 1 is 0.939 bits per heavy atom. The number of fused-ring (bicyclic) bond motifs is 1. The van der Waals surface area contributed by atoms with E-state index < -0.39 is 0 Å². The van der Waals surface area contributed by atoms with Crippen LogP contribution in [0.5, 0.6) is 0 Å². The molecule has 2 amide bonds. The van der Waals surface area contributed by atoms with Gasteiger partial charge in [0, 0.05) is 13.1 Å². The first-order valence-corrected chi connectivity index (χ1v) is 11.3. The Morgan fingerprint density at radius 2 is 1.58 bits per heavy atom. The summed E-state index contributed by atoms with van der Waals surface area (Å²) in [5.41, 5.74) is 2.25. The van der Waals surface area contributed by atoms with Crippen molar-refractivity contribution in [2.24, 2.45) is 0 Å². The van der Waals surface area contributed by atoms with E-state index in [4.69, 9.17) is 4.98 Å². The summed E-state index contributed by atoms with van der Waals surface area (Å²) >= 11 is 0. The SMILES string of the molecule is CCC(c1nc2ccccc2c(=O)n1-c1ccccc1)N(CC)C(=O)NCc1ccccc1. The molecular formula is C27H28N4O2. The summed E-state index contributed by atoms with van der Waals surface area (Å²) in [6.45, 7) is 4.87. The zero-order chi connectivity index (χ0) is 23.2. The minimum Gasteiger partial charge on any atom is -0.334 e. The van der Waals surface area contributed by atoms with Crippen molar-refractivity contribution in [3.05, 3.63) is 107 Å². The Labute approximate surface area is 193 Å². The van der Waals surface area contributed by atoms with Gasteiger partial charge >= 0.3 is 6.03 Å². The van der Waals surface area contributed by atoms with Gasteiger partial charge in [0.2, 0.25) is 0 Å². The van der Waals surface area contributed by atoms with Crippen LogP contribution in [-0.2, 0) is 6.54 Å². The van der Waals surface area contributed by atoms with Gasteiger partial charge in [-0.3, -0.25) is 9.36 Å². The molecule has 4 rings (SSSR count). The number of carbonyl (C=O) groups is 1. The van der Waals surface area contributed by atoms with Crippen LogP contribution < -0.4 is 10.9 Å². The average molecular weight is 441 g/mol. The minimum absolute atomic E-state index is 0.138. The number of nitrogens with one attached hydrogen (secondary N) is 1. The second-order valence-electron chi connectivity index (χ2n) is 7.82. The van der Waals surface area contributed by atoms with Crippen LogP contribution in [0.2, 0.25) is 0 Å². The van der Waals surface area contributed by atoms with E-state index in [1.165, 1.54) is 0 Å². The summed E-state index contributed by atoms with van der Waals surface area (Å²) in [6, 6.07) is 26.1. The highest BCUT2D eigenvalue weighted by Crippen LogP contribution is 2.26. The second-order valence-corrected chi connectivity index (χ2v) is 7.82. The van der Waals surface area contributed by atoms with Crippen molar-refractivity contribution in [2.75, 3.05) is 6.54 Å². The molecule has 0 bridgehead atoms. The first kappa shape index (κ1) is 22.3. The first-order valence-electron chi connectivity index (χ1n) is 11.3. The molecule has 0 saturated heterocycles. The Morgan fingerprint density at radius 3 is 2.24 bits per heavy atom. The molecule has 3 aromatic carbocycles. The third kappa shape index (κ3) is 4.65. The van der Waals surface area contributed by atoms with E-state index in [0.717, 1.165) is 11.3 Å². The number of amides is 2. The highest BCUT2D eigenvalue weighted by atomic mass is 16.2. The number of rotatable bonds is 7. The van der Waals surface area contributed by atoms with Gasteiger partial charge in [0.15, 0.2) is 0 Å². The number of urea groups is 1. The molecule has 0 aliphatic heterocycles. The van der Waals surface area contributed by atoms with Crippen LogP contribution in [0.3, 0.4) is 0 Å². The van der Waals surface area contributed by atoms with Gasteiger partial charge in [-0.25, -0.2) is 9.78 Å². The van der Waals surface area contributed by atoms with E-state index in [0.29, 0.717) is 36.2 Å². The summed E-state index contributed by atoms with van der Waals surface area (Å²) < 4.78 is 1.64. The molecule has 6 heteroatoms. The lowest BCUT2D eigenvalue weighted by Gasteiger charge is -2.31. The fourth-order valence-corrected chi connectivity index (χ4v) is 4.12. The van der Waals surface area contributed by atoms with Gasteiger partial charge in [-0.05, 0) is 43.2 Å². The number of aromatic nitrogens is 2.